The van der Waals surface area contributed by atoms with Gasteiger partial charge >= 0.3 is 0 Å². The number of ether oxygens (including phenoxy) is 1. The van der Waals surface area contributed by atoms with Crippen molar-refractivity contribution in [2.24, 2.45) is 11.0 Å². The molecule has 5 rings (SSSR count). The highest BCUT2D eigenvalue weighted by molar-refractivity contribution is 6.16. The Kier molecular flexibility index (Phi) is 4.26. The van der Waals surface area contributed by atoms with Gasteiger partial charge in [0.2, 0.25) is 0 Å². The third-order valence-corrected chi connectivity index (χ3v) is 5.56. The van der Waals surface area contributed by atoms with Crippen LogP contribution < -0.4 is 14.6 Å². The highest BCUT2D eigenvalue weighted by atomic mass is 19.1. The second-order valence-electron chi connectivity index (χ2n) is 7.40. The third kappa shape index (κ3) is 3.04. The van der Waals surface area contributed by atoms with Crippen LogP contribution >= 0.6 is 0 Å². The molecule has 1 aliphatic carbocycles. The Morgan fingerprint density at radius 2 is 2.07 bits per heavy atom. The Bertz CT molecular complexity index is 1020. The van der Waals surface area contributed by atoms with Crippen LogP contribution in [0, 0.1) is 11.7 Å². The molecule has 0 saturated heterocycles. The number of aromatic nitrogens is 1. The van der Waals surface area contributed by atoms with Gasteiger partial charge in [0.1, 0.15) is 11.4 Å². The van der Waals surface area contributed by atoms with Crippen molar-refractivity contribution in [2.45, 2.75) is 32.2 Å². The maximum absolute atomic E-state index is 14.9. The first-order chi connectivity index (χ1) is 14.1. The summed E-state index contributed by atoms with van der Waals surface area (Å²) in [4.78, 5) is 31.1. The van der Waals surface area contributed by atoms with Crippen molar-refractivity contribution < 1.29 is 18.7 Å². The molecular weight excluding hydrogens is 375 g/mol. The van der Waals surface area contributed by atoms with Gasteiger partial charge in [0.25, 0.3) is 11.8 Å². The van der Waals surface area contributed by atoms with Crippen LogP contribution in [0.4, 0.5) is 15.8 Å². The first-order valence-corrected chi connectivity index (χ1v) is 9.70. The lowest BCUT2D eigenvalue weighted by atomic mass is 9.87. The molecule has 8 heteroatoms. The number of carbonyl (C=O) groups excluding carboxylic acids is 2. The maximum atomic E-state index is 14.9. The highest BCUT2D eigenvalue weighted by Crippen LogP contribution is 2.41. The van der Waals surface area contributed by atoms with E-state index in [-0.39, 0.29) is 42.3 Å². The molecule has 3 aliphatic rings. The number of carbonyl (C=O) groups is 2. The zero-order valence-electron chi connectivity index (χ0n) is 15.7. The number of benzene rings is 1. The minimum atomic E-state index is -0.604. The van der Waals surface area contributed by atoms with Gasteiger partial charge in [0.05, 0.1) is 29.6 Å². The summed E-state index contributed by atoms with van der Waals surface area (Å²) in [6.07, 6.45) is 5.11. The lowest BCUT2D eigenvalue weighted by Gasteiger charge is -2.30. The van der Waals surface area contributed by atoms with Crippen LogP contribution in [0.15, 0.2) is 41.6 Å². The van der Waals surface area contributed by atoms with E-state index in [1.807, 2.05) is 12.1 Å². The molecule has 1 saturated carbocycles. The molecule has 2 amide bonds. The third-order valence-electron chi connectivity index (χ3n) is 5.56. The first-order valence-electron chi connectivity index (χ1n) is 9.70. The normalized spacial score (nSPS) is 20.9. The lowest BCUT2D eigenvalue weighted by molar-refractivity contribution is -0.121. The molecule has 1 aromatic heterocycles. The standard InChI is InChI=1S/C21H19FN4O3/c22-15-9-19-18(25(20(27)12-29-19)11-13-5-3-4-8-23-13)10-17(15)26-21(28)14-6-1-2-7-16(14)24-26/h3-5,8-10,14H,1-2,6-7,11-12H2. The van der Waals surface area contributed by atoms with Crippen molar-refractivity contribution in [3.63, 3.8) is 0 Å². The molecule has 2 aromatic rings. The average molecular weight is 394 g/mol. The van der Waals surface area contributed by atoms with Gasteiger partial charge in [-0.05, 0) is 37.5 Å². The molecule has 3 heterocycles. The van der Waals surface area contributed by atoms with Gasteiger partial charge in [-0.15, -0.1) is 0 Å². The summed E-state index contributed by atoms with van der Waals surface area (Å²) in [6.45, 7) is 0.0534. The van der Waals surface area contributed by atoms with Gasteiger partial charge in [0, 0.05) is 12.3 Å². The fourth-order valence-electron chi connectivity index (χ4n) is 4.08. The second kappa shape index (κ2) is 6.95. The molecule has 29 heavy (non-hydrogen) atoms. The summed E-state index contributed by atoms with van der Waals surface area (Å²) in [6, 6.07) is 8.14. The quantitative estimate of drug-likeness (QED) is 0.802. The average Bonchev–Trinajstić information content (AvgIpc) is 3.07. The smallest absolute Gasteiger partial charge is 0.265 e. The number of fused-ring (bicyclic) bond motifs is 2. The zero-order chi connectivity index (χ0) is 20.0. The van der Waals surface area contributed by atoms with Gasteiger partial charge in [-0.3, -0.25) is 19.5 Å². The van der Waals surface area contributed by atoms with E-state index in [0.29, 0.717) is 11.4 Å². The summed E-state index contributed by atoms with van der Waals surface area (Å²) in [5, 5.41) is 5.55. The lowest BCUT2D eigenvalue weighted by Crippen LogP contribution is -2.39. The molecule has 1 fully saturated rings. The molecule has 148 valence electrons. The molecule has 1 aromatic carbocycles. The Morgan fingerprint density at radius 3 is 2.86 bits per heavy atom. The van der Waals surface area contributed by atoms with Crippen LogP contribution in [-0.2, 0) is 16.1 Å². The number of halogens is 1. The molecule has 2 aliphatic heterocycles. The van der Waals surface area contributed by atoms with Crippen molar-refractivity contribution in [1.82, 2.24) is 4.98 Å². The molecule has 1 unspecified atom stereocenters. The van der Waals surface area contributed by atoms with Gasteiger partial charge < -0.3 is 4.74 Å². The number of nitrogens with zero attached hydrogens (tertiary/aromatic N) is 4. The van der Waals surface area contributed by atoms with Crippen molar-refractivity contribution in [1.29, 1.82) is 0 Å². The number of amides is 2. The molecule has 7 nitrogen and oxygen atoms in total. The van der Waals surface area contributed by atoms with E-state index in [0.717, 1.165) is 36.4 Å². The van der Waals surface area contributed by atoms with E-state index in [1.54, 1.807) is 12.3 Å². The molecule has 0 radical (unpaired) electrons. The number of hydrazone groups is 1. The fourth-order valence-corrected chi connectivity index (χ4v) is 4.08. The number of hydrogen-bond donors (Lipinski definition) is 0. The van der Waals surface area contributed by atoms with Crippen LogP contribution in [0.2, 0.25) is 0 Å². The van der Waals surface area contributed by atoms with Crippen LogP contribution in [0.5, 0.6) is 5.75 Å². The minimum absolute atomic E-state index is 0.0416. The van der Waals surface area contributed by atoms with E-state index in [4.69, 9.17) is 4.74 Å². The summed E-state index contributed by atoms with van der Waals surface area (Å²) in [5.41, 5.74) is 1.96. The maximum Gasteiger partial charge on any atom is 0.265 e. The SMILES string of the molecule is O=C1COc2cc(F)c(N3N=C4CCCCC4C3=O)cc2N1Cc1ccccn1. The fraction of sp³-hybridized carbons (Fsp3) is 0.333. The van der Waals surface area contributed by atoms with E-state index >= 15 is 0 Å². The Balaban J connectivity index is 1.54. The van der Waals surface area contributed by atoms with E-state index in [1.165, 1.54) is 17.0 Å². The predicted molar refractivity (Wildman–Crippen MR) is 104 cm³/mol. The van der Waals surface area contributed by atoms with Crippen molar-refractivity contribution in [3.8, 4) is 5.75 Å². The Labute approximate surface area is 166 Å². The van der Waals surface area contributed by atoms with Crippen LogP contribution in [0.25, 0.3) is 0 Å². The highest BCUT2D eigenvalue weighted by Gasteiger charge is 2.39. The zero-order valence-corrected chi connectivity index (χ0v) is 15.7. The van der Waals surface area contributed by atoms with Crippen LogP contribution in [0.1, 0.15) is 31.4 Å². The summed E-state index contributed by atoms with van der Waals surface area (Å²) in [5.74, 6) is -1.07. The minimum Gasteiger partial charge on any atom is -0.481 e. The van der Waals surface area contributed by atoms with Crippen molar-refractivity contribution in [3.05, 3.63) is 48.0 Å². The topological polar surface area (TPSA) is 75.1 Å². The molecular formula is C21H19FN4O3. The van der Waals surface area contributed by atoms with Crippen molar-refractivity contribution in [2.75, 3.05) is 16.5 Å². The van der Waals surface area contributed by atoms with Gasteiger partial charge in [0.15, 0.2) is 12.4 Å². The van der Waals surface area contributed by atoms with Crippen LogP contribution in [-0.4, -0.2) is 29.1 Å². The number of anilines is 2. The van der Waals surface area contributed by atoms with Gasteiger partial charge in [-0.1, -0.05) is 12.5 Å². The summed E-state index contributed by atoms with van der Waals surface area (Å²) in [7, 11) is 0. The van der Waals surface area contributed by atoms with Crippen LogP contribution in [0.3, 0.4) is 0 Å². The summed E-state index contributed by atoms with van der Waals surface area (Å²) >= 11 is 0. The number of pyridine rings is 1. The Hall–Kier alpha value is -3.29. The number of hydrogen-bond acceptors (Lipinski definition) is 5. The monoisotopic (exact) mass is 394 g/mol. The van der Waals surface area contributed by atoms with E-state index in [9.17, 15) is 14.0 Å². The molecule has 0 bridgehead atoms. The van der Waals surface area contributed by atoms with Gasteiger partial charge in [-0.25, -0.2) is 4.39 Å². The van der Waals surface area contributed by atoms with Crippen molar-refractivity contribution >= 4 is 28.9 Å². The summed E-state index contributed by atoms with van der Waals surface area (Å²) < 4.78 is 20.3. The largest absolute Gasteiger partial charge is 0.481 e. The molecule has 0 N–H and O–H groups in total. The molecule has 0 spiro atoms. The van der Waals surface area contributed by atoms with E-state index in [2.05, 4.69) is 10.1 Å². The van der Waals surface area contributed by atoms with E-state index < -0.39 is 5.82 Å². The first kappa shape index (κ1) is 17.8. The second-order valence-corrected chi connectivity index (χ2v) is 7.40. The molecule has 1 atom stereocenters. The number of rotatable bonds is 3. The predicted octanol–water partition coefficient (Wildman–Crippen LogP) is 3.04. The van der Waals surface area contributed by atoms with Gasteiger partial charge in [-0.2, -0.15) is 10.1 Å². The Morgan fingerprint density at radius 1 is 1.17 bits per heavy atom.